The topological polar surface area (TPSA) is 105 Å². The van der Waals surface area contributed by atoms with Crippen molar-refractivity contribution < 1.29 is 27.5 Å². The SMILES string of the molecule is COC(=O)[C@H](C)NC(=O)CC(NC(=S)Nc1ccccc1N)c1cccc(C(F)(F)F)c1. The first-order valence-electron chi connectivity index (χ1n) is 9.47. The first kappa shape index (κ1) is 24.9. The Bertz CT molecular complexity index is 985. The maximum atomic E-state index is 13.2. The van der Waals surface area contributed by atoms with Gasteiger partial charge in [0, 0.05) is 0 Å². The van der Waals surface area contributed by atoms with E-state index >= 15 is 0 Å². The highest BCUT2D eigenvalue weighted by Gasteiger charge is 2.31. The van der Waals surface area contributed by atoms with Crippen molar-refractivity contribution >= 4 is 40.6 Å². The number of thiocarbonyl (C=S) groups is 1. The van der Waals surface area contributed by atoms with Crippen LogP contribution in [0.1, 0.15) is 30.5 Å². The lowest BCUT2D eigenvalue weighted by molar-refractivity contribution is -0.144. The number of hydrogen-bond acceptors (Lipinski definition) is 5. The number of carbonyl (C=O) groups is 2. The van der Waals surface area contributed by atoms with Gasteiger partial charge in [0.25, 0.3) is 0 Å². The van der Waals surface area contributed by atoms with Gasteiger partial charge in [0.15, 0.2) is 5.11 Å². The van der Waals surface area contributed by atoms with Crippen LogP contribution in [0, 0.1) is 0 Å². The van der Waals surface area contributed by atoms with Gasteiger partial charge >= 0.3 is 12.1 Å². The molecule has 0 saturated carbocycles. The van der Waals surface area contributed by atoms with Crippen molar-refractivity contribution in [1.82, 2.24) is 10.6 Å². The fraction of sp³-hybridized carbons (Fsp3) is 0.286. The molecular formula is C21H23F3N4O3S. The molecule has 2 rings (SSSR count). The number of nitrogens with two attached hydrogens (primary N) is 1. The summed E-state index contributed by atoms with van der Waals surface area (Å²) < 4.78 is 44.1. The smallest absolute Gasteiger partial charge is 0.416 e. The average Bonchev–Trinajstić information content (AvgIpc) is 2.73. The number of halogens is 3. The molecule has 2 aromatic rings. The zero-order valence-corrected chi connectivity index (χ0v) is 18.1. The summed E-state index contributed by atoms with van der Waals surface area (Å²) in [5.74, 6) is -1.24. The maximum Gasteiger partial charge on any atom is 0.416 e. The van der Waals surface area contributed by atoms with Crippen LogP contribution < -0.4 is 21.7 Å². The molecule has 2 atom stereocenters. The minimum absolute atomic E-state index is 0.0547. The van der Waals surface area contributed by atoms with Crippen LogP contribution in [0.15, 0.2) is 48.5 Å². The maximum absolute atomic E-state index is 13.2. The molecule has 7 nitrogen and oxygen atoms in total. The first-order chi connectivity index (χ1) is 15.0. The highest BCUT2D eigenvalue weighted by atomic mass is 32.1. The van der Waals surface area contributed by atoms with Crippen molar-refractivity contribution in [1.29, 1.82) is 0 Å². The van der Waals surface area contributed by atoms with Gasteiger partial charge in [-0.05, 0) is 49.0 Å². The van der Waals surface area contributed by atoms with Crippen molar-refractivity contribution in [2.75, 3.05) is 18.2 Å². The summed E-state index contributed by atoms with van der Waals surface area (Å²) in [4.78, 5) is 24.0. The van der Waals surface area contributed by atoms with Gasteiger partial charge in [0.1, 0.15) is 6.04 Å². The van der Waals surface area contributed by atoms with E-state index < -0.39 is 35.7 Å². The Kier molecular flexibility index (Phi) is 8.41. The van der Waals surface area contributed by atoms with E-state index in [9.17, 15) is 22.8 Å². The third kappa shape index (κ3) is 7.12. The minimum Gasteiger partial charge on any atom is -0.467 e. The van der Waals surface area contributed by atoms with Crippen molar-refractivity contribution in [3.63, 3.8) is 0 Å². The van der Waals surface area contributed by atoms with Crippen molar-refractivity contribution in [2.45, 2.75) is 31.6 Å². The van der Waals surface area contributed by atoms with Crippen molar-refractivity contribution in [2.24, 2.45) is 0 Å². The van der Waals surface area contributed by atoms with E-state index in [-0.39, 0.29) is 17.1 Å². The highest BCUT2D eigenvalue weighted by molar-refractivity contribution is 7.80. The van der Waals surface area contributed by atoms with E-state index in [0.717, 1.165) is 12.1 Å². The van der Waals surface area contributed by atoms with E-state index in [0.29, 0.717) is 11.4 Å². The number of rotatable bonds is 7. The third-order valence-electron chi connectivity index (χ3n) is 4.45. The molecule has 2 aromatic carbocycles. The largest absolute Gasteiger partial charge is 0.467 e. The van der Waals surface area contributed by atoms with Gasteiger partial charge in [0.2, 0.25) is 5.91 Å². The molecule has 0 bridgehead atoms. The molecule has 0 spiro atoms. The predicted molar refractivity (Wildman–Crippen MR) is 119 cm³/mol. The molecule has 0 aromatic heterocycles. The molecule has 0 aliphatic carbocycles. The van der Waals surface area contributed by atoms with Gasteiger partial charge in [0.05, 0.1) is 36.5 Å². The number of nitrogen functional groups attached to an aromatic ring is 1. The molecule has 11 heteroatoms. The van der Waals surface area contributed by atoms with Gasteiger partial charge in [-0.25, -0.2) is 4.79 Å². The number of ether oxygens (including phenoxy) is 1. The Morgan fingerprint density at radius 1 is 1.12 bits per heavy atom. The minimum atomic E-state index is -4.56. The normalized spacial score (nSPS) is 12.9. The standard InChI is InChI=1S/C21H23F3N4O3S/c1-12(19(30)31-2)26-18(29)11-17(13-6-5-7-14(10-13)21(22,23)24)28-20(32)27-16-9-4-3-8-15(16)25/h3-10,12,17H,11,25H2,1-2H3,(H,26,29)(H2,27,28,32)/t12-,17?/m0/s1. The molecule has 1 amide bonds. The van der Waals surface area contributed by atoms with E-state index in [1.54, 1.807) is 24.3 Å². The van der Waals surface area contributed by atoms with Gasteiger partial charge < -0.3 is 26.4 Å². The second-order valence-electron chi connectivity index (χ2n) is 6.88. The Morgan fingerprint density at radius 2 is 1.81 bits per heavy atom. The summed E-state index contributed by atoms with van der Waals surface area (Å²) in [7, 11) is 1.18. The molecule has 0 saturated heterocycles. The Labute approximate surface area is 188 Å². The number of benzene rings is 2. The number of esters is 1. The van der Waals surface area contributed by atoms with E-state index in [2.05, 4.69) is 20.7 Å². The van der Waals surface area contributed by atoms with Crippen LogP contribution in [0.5, 0.6) is 0 Å². The number of para-hydroxylation sites is 2. The lowest BCUT2D eigenvalue weighted by Crippen LogP contribution is -2.42. The molecule has 0 radical (unpaired) electrons. The molecule has 0 heterocycles. The summed E-state index contributed by atoms with van der Waals surface area (Å²) in [6, 6.07) is 9.50. The molecule has 172 valence electrons. The number of amides is 1. The summed E-state index contributed by atoms with van der Waals surface area (Å²) in [6.45, 7) is 1.43. The Hall–Kier alpha value is -3.34. The summed E-state index contributed by atoms with van der Waals surface area (Å²) in [6.07, 6.45) is -4.85. The fourth-order valence-corrected chi connectivity index (χ4v) is 3.09. The number of carbonyl (C=O) groups excluding carboxylic acids is 2. The van der Waals surface area contributed by atoms with Crippen molar-refractivity contribution in [3.8, 4) is 0 Å². The van der Waals surface area contributed by atoms with Crippen LogP contribution >= 0.6 is 12.2 Å². The Balaban J connectivity index is 2.24. The molecule has 0 aliphatic rings. The second-order valence-corrected chi connectivity index (χ2v) is 7.29. The van der Waals surface area contributed by atoms with Gasteiger partial charge in [-0.15, -0.1) is 0 Å². The molecular weight excluding hydrogens is 445 g/mol. The van der Waals surface area contributed by atoms with Crippen LogP contribution in [-0.4, -0.2) is 30.1 Å². The summed E-state index contributed by atoms with van der Waals surface area (Å²) in [5.41, 5.74) is 6.10. The van der Waals surface area contributed by atoms with Gasteiger partial charge in [-0.1, -0.05) is 24.3 Å². The number of methoxy groups -OCH3 is 1. The zero-order chi connectivity index (χ0) is 23.9. The molecule has 0 fully saturated rings. The molecule has 5 N–H and O–H groups in total. The van der Waals surface area contributed by atoms with Crippen LogP contribution in [-0.2, 0) is 20.5 Å². The molecule has 0 aliphatic heterocycles. The third-order valence-corrected chi connectivity index (χ3v) is 4.67. The lowest BCUT2D eigenvalue weighted by atomic mass is 10.0. The monoisotopic (exact) mass is 468 g/mol. The lowest BCUT2D eigenvalue weighted by Gasteiger charge is -2.23. The van der Waals surface area contributed by atoms with E-state index in [1.807, 2.05) is 0 Å². The quantitative estimate of drug-likeness (QED) is 0.281. The van der Waals surface area contributed by atoms with Crippen molar-refractivity contribution in [3.05, 3.63) is 59.7 Å². The number of anilines is 2. The van der Waals surface area contributed by atoms with Gasteiger partial charge in [-0.3, -0.25) is 4.79 Å². The summed E-state index contributed by atoms with van der Waals surface area (Å²) in [5, 5.41) is 8.22. The van der Waals surface area contributed by atoms with Gasteiger partial charge in [-0.2, -0.15) is 13.2 Å². The molecule has 1 unspecified atom stereocenters. The highest BCUT2D eigenvalue weighted by Crippen LogP contribution is 2.31. The number of hydrogen-bond donors (Lipinski definition) is 4. The number of alkyl halides is 3. The Morgan fingerprint density at radius 3 is 2.44 bits per heavy atom. The zero-order valence-electron chi connectivity index (χ0n) is 17.3. The first-order valence-corrected chi connectivity index (χ1v) is 9.88. The molecule has 32 heavy (non-hydrogen) atoms. The average molecular weight is 469 g/mol. The van der Waals surface area contributed by atoms with Crippen LogP contribution in [0.3, 0.4) is 0 Å². The summed E-state index contributed by atoms with van der Waals surface area (Å²) >= 11 is 5.27. The number of nitrogens with one attached hydrogen (secondary N) is 3. The van der Waals surface area contributed by atoms with Crippen LogP contribution in [0.4, 0.5) is 24.5 Å². The van der Waals surface area contributed by atoms with E-state index in [1.165, 1.54) is 26.2 Å². The van der Waals surface area contributed by atoms with Crippen LogP contribution in [0.2, 0.25) is 0 Å². The van der Waals surface area contributed by atoms with E-state index in [4.69, 9.17) is 18.0 Å². The predicted octanol–water partition coefficient (Wildman–Crippen LogP) is 3.38. The second kappa shape index (κ2) is 10.8. The van der Waals surface area contributed by atoms with Crippen LogP contribution in [0.25, 0.3) is 0 Å². The fourth-order valence-electron chi connectivity index (χ4n) is 2.83.